The van der Waals surface area contributed by atoms with Crippen molar-refractivity contribution in [2.24, 2.45) is 0 Å². The van der Waals surface area contributed by atoms with Crippen LogP contribution in [0.25, 0.3) is 0 Å². The highest BCUT2D eigenvalue weighted by Crippen LogP contribution is 2.36. The molecule has 1 aromatic heterocycles. The molecule has 142 valence electrons. The molecule has 11 heteroatoms. The second-order valence-corrected chi connectivity index (χ2v) is 7.59. The van der Waals surface area contributed by atoms with Crippen LogP contribution in [0.5, 0.6) is 0 Å². The van der Waals surface area contributed by atoms with Gasteiger partial charge >= 0.3 is 6.18 Å². The summed E-state index contributed by atoms with van der Waals surface area (Å²) in [4.78, 5) is 3.59. The van der Waals surface area contributed by atoms with E-state index in [9.17, 15) is 34.8 Å². The van der Waals surface area contributed by atoms with E-state index < -0.39 is 56.5 Å². The molecule has 1 aromatic carbocycles. The zero-order chi connectivity index (χ0) is 19.7. The second-order valence-electron chi connectivity index (χ2n) is 5.38. The van der Waals surface area contributed by atoms with E-state index in [-0.39, 0.29) is 11.4 Å². The van der Waals surface area contributed by atoms with Crippen LogP contribution in [0.4, 0.5) is 32.2 Å². The number of anilines is 1. The van der Waals surface area contributed by atoms with Gasteiger partial charge in [-0.15, -0.1) is 0 Å². The minimum atomic E-state index is -4.81. The van der Waals surface area contributed by atoms with Crippen LogP contribution in [0.1, 0.15) is 22.8 Å². The number of halogens is 6. The van der Waals surface area contributed by atoms with Gasteiger partial charge in [0, 0.05) is 11.8 Å². The highest BCUT2D eigenvalue weighted by Gasteiger charge is 2.38. The molecular weight excluding hydrogens is 386 g/mol. The molecule has 1 atom stereocenters. The number of benzene rings is 1. The fourth-order valence-corrected chi connectivity index (χ4v) is 4.23. The number of pyridine rings is 1. The number of nitrogen functional groups attached to an aromatic ring is 1. The number of aromatic nitrogens is 1. The van der Waals surface area contributed by atoms with Gasteiger partial charge in [0.1, 0.15) is 16.9 Å². The maximum atomic E-state index is 14.2. The molecule has 0 bridgehead atoms. The molecule has 2 N–H and O–H groups in total. The van der Waals surface area contributed by atoms with Crippen molar-refractivity contribution in [2.45, 2.75) is 17.8 Å². The van der Waals surface area contributed by atoms with Gasteiger partial charge < -0.3 is 5.73 Å². The van der Waals surface area contributed by atoms with Gasteiger partial charge in [0.25, 0.3) is 0 Å². The normalized spacial score (nSPS) is 13.6. The van der Waals surface area contributed by atoms with Gasteiger partial charge in [0.2, 0.25) is 0 Å². The zero-order valence-corrected chi connectivity index (χ0v) is 13.7. The van der Waals surface area contributed by atoms with Crippen molar-refractivity contribution in [2.75, 3.05) is 11.5 Å². The van der Waals surface area contributed by atoms with Crippen molar-refractivity contribution < 1.29 is 34.8 Å². The molecule has 4 nitrogen and oxygen atoms in total. The number of rotatable bonds is 5. The quantitative estimate of drug-likeness (QED) is 0.618. The average Bonchev–Trinajstić information content (AvgIpc) is 2.52. The monoisotopic (exact) mass is 398 g/mol. The standard InChI is InChI=1S/C15H12F6N2O2S/c16-9-1-2-10(17)13(18)12(9)14(8-3-5-23-11(22)7-8)26(24,25)6-4-15(19,20)21/h1-3,5,7,14H,4,6H2,(H2,22,23). The maximum Gasteiger partial charge on any atom is 0.390 e. The average molecular weight is 398 g/mol. The smallest absolute Gasteiger partial charge is 0.384 e. The number of nitrogens with two attached hydrogens (primary N) is 1. The van der Waals surface area contributed by atoms with Gasteiger partial charge in [-0.1, -0.05) is 0 Å². The first kappa shape index (κ1) is 20.0. The lowest BCUT2D eigenvalue weighted by Gasteiger charge is -2.20. The lowest BCUT2D eigenvalue weighted by Crippen LogP contribution is -2.24. The van der Waals surface area contributed by atoms with Crippen LogP contribution in [0.15, 0.2) is 30.5 Å². The molecule has 1 unspecified atom stereocenters. The molecule has 0 saturated heterocycles. The fraction of sp³-hybridized carbons (Fsp3) is 0.267. The molecule has 0 aliphatic carbocycles. The summed E-state index contributed by atoms with van der Waals surface area (Å²) in [7, 11) is -4.79. The Morgan fingerprint density at radius 1 is 1.08 bits per heavy atom. The number of alkyl halides is 3. The first-order chi connectivity index (χ1) is 11.9. The Morgan fingerprint density at radius 3 is 2.27 bits per heavy atom. The lowest BCUT2D eigenvalue weighted by atomic mass is 10.0. The molecule has 0 saturated carbocycles. The Bertz CT molecular complexity index is 915. The first-order valence-electron chi connectivity index (χ1n) is 7.05. The highest BCUT2D eigenvalue weighted by atomic mass is 32.2. The van der Waals surface area contributed by atoms with E-state index in [1.54, 1.807) is 0 Å². The number of nitrogens with zero attached hydrogens (tertiary/aromatic N) is 1. The zero-order valence-electron chi connectivity index (χ0n) is 12.9. The Labute approximate surface area is 144 Å². The maximum absolute atomic E-state index is 14.2. The summed E-state index contributed by atoms with van der Waals surface area (Å²) in [6.07, 6.45) is -5.52. The van der Waals surface area contributed by atoms with Crippen LogP contribution in [-0.2, 0) is 9.84 Å². The summed E-state index contributed by atoms with van der Waals surface area (Å²) < 4.78 is 104. The molecule has 26 heavy (non-hydrogen) atoms. The SMILES string of the molecule is Nc1cc(C(c2c(F)ccc(F)c2F)S(=O)(=O)CCC(F)(F)F)ccn1. The third-order valence-corrected chi connectivity index (χ3v) is 5.48. The third kappa shape index (κ3) is 4.45. The van der Waals surface area contributed by atoms with Gasteiger partial charge in [0.15, 0.2) is 21.5 Å². The predicted octanol–water partition coefficient (Wildman–Crippen LogP) is 3.54. The highest BCUT2D eigenvalue weighted by molar-refractivity contribution is 7.91. The third-order valence-electron chi connectivity index (χ3n) is 3.48. The van der Waals surface area contributed by atoms with E-state index in [1.165, 1.54) is 0 Å². The van der Waals surface area contributed by atoms with Crippen LogP contribution < -0.4 is 5.73 Å². The lowest BCUT2D eigenvalue weighted by molar-refractivity contribution is -0.129. The second kappa shape index (κ2) is 7.14. The van der Waals surface area contributed by atoms with E-state index in [2.05, 4.69) is 4.98 Å². The summed E-state index contributed by atoms with van der Waals surface area (Å²) in [5.74, 6) is -6.44. The predicted molar refractivity (Wildman–Crippen MR) is 81.3 cm³/mol. The largest absolute Gasteiger partial charge is 0.390 e. The molecule has 2 aromatic rings. The molecule has 0 amide bonds. The topological polar surface area (TPSA) is 73.1 Å². The van der Waals surface area contributed by atoms with Gasteiger partial charge in [0.05, 0.1) is 12.2 Å². The van der Waals surface area contributed by atoms with Crippen LogP contribution >= 0.6 is 0 Å². The Kier molecular flexibility index (Phi) is 5.49. The van der Waals surface area contributed by atoms with Crippen molar-refractivity contribution in [3.63, 3.8) is 0 Å². The van der Waals surface area contributed by atoms with Crippen molar-refractivity contribution in [3.8, 4) is 0 Å². The summed E-state index contributed by atoms with van der Waals surface area (Å²) in [6.45, 7) is 0. The van der Waals surface area contributed by atoms with E-state index in [0.29, 0.717) is 12.1 Å². The van der Waals surface area contributed by atoms with Gasteiger partial charge in [-0.2, -0.15) is 13.2 Å². The summed E-state index contributed by atoms with van der Waals surface area (Å²) in [6, 6.07) is 2.90. The summed E-state index contributed by atoms with van der Waals surface area (Å²) in [5.41, 5.74) is 3.88. The number of hydrogen-bond donors (Lipinski definition) is 1. The molecular formula is C15H12F6N2O2S. The van der Waals surface area contributed by atoms with Gasteiger partial charge in [-0.3, -0.25) is 0 Å². The van der Waals surface area contributed by atoms with Crippen LogP contribution in [0, 0.1) is 17.5 Å². The molecule has 0 spiro atoms. The van der Waals surface area contributed by atoms with E-state index >= 15 is 0 Å². The number of hydrogen-bond acceptors (Lipinski definition) is 4. The van der Waals surface area contributed by atoms with E-state index in [0.717, 1.165) is 18.3 Å². The first-order valence-corrected chi connectivity index (χ1v) is 8.77. The van der Waals surface area contributed by atoms with E-state index in [1.807, 2.05) is 0 Å². The minimum Gasteiger partial charge on any atom is -0.384 e. The van der Waals surface area contributed by atoms with Crippen LogP contribution in [-0.4, -0.2) is 25.3 Å². The summed E-state index contributed by atoms with van der Waals surface area (Å²) in [5, 5.41) is -2.22. The Morgan fingerprint density at radius 2 is 1.69 bits per heavy atom. The fourth-order valence-electron chi connectivity index (χ4n) is 2.34. The number of sulfone groups is 1. The molecule has 0 fully saturated rings. The Balaban J connectivity index is 2.67. The van der Waals surface area contributed by atoms with Crippen LogP contribution in [0.2, 0.25) is 0 Å². The summed E-state index contributed by atoms with van der Waals surface area (Å²) >= 11 is 0. The van der Waals surface area contributed by atoms with E-state index in [4.69, 9.17) is 5.73 Å². The van der Waals surface area contributed by atoms with Gasteiger partial charge in [-0.25, -0.2) is 26.6 Å². The molecule has 0 aliphatic rings. The van der Waals surface area contributed by atoms with Crippen molar-refractivity contribution in [1.29, 1.82) is 0 Å². The van der Waals surface area contributed by atoms with Crippen molar-refractivity contribution >= 4 is 15.7 Å². The van der Waals surface area contributed by atoms with Crippen molar-refractivity contribution in [1.82, 2.24) is 4.98 Å². The van der Waals surface area contributed by atoms with Crippen LogP contribution in [0.3, 0.4) is 0 Å². The molecule has 2 rings (SSSR count). The molecule has 0 radical (unpaired) electrons. The Hall–Kier alpha value is -2.30. The molecule has 1 heterocycles. The van der Waals surface area contributed by atoms with Crippen molar-refractivity contribution in [3.05, 3.63) is 59.0 Å². The van der Waals surface area contributed by atoms with Gasteiger partial charge in [-0.05, 0) is 29.8 Å². The molecule has 0 aliphatic heterocycles. The minimum absolute atomic E-state index is 0.226.